The third-order valence-corrected chi connectivity index (χ3v) is 5.73. The van der Waals surface area contributed by atoms with Gasteiger partial charge in [0.05, 0.1) is 5.69 Å². The molecule has 0 N–H and O–H groups in total. The van der Waals surface area contributed by atoms with Gasteiger partial charge in [-0.2, -0.15) is 14.6 Å². The second kappa shape index (κ2) is 6.18. The van der Waals surface area contributed by atoms with Crippen molar-refractivity contribution >= 4 is 33.8 Å². The molecule has 0 atom stereocenters. The molecule has 142 valence electrons. The van der Waals surface area contributed by atoms with Gasteiger partial charge in [0.25, 0.3) is 11.8 Å². The Hall–Kier alpha value is -3.65. The summed E-state index contributed by atoms with van der Waals surface area (Å²) in [6.07, 6.45) is 0. The second-order valence-corrected chi connectivity index (χ2v) is 7.87. The molecule has 5 rings (SSSR count). The van der Waals surface area contributed by atoms with E-state index in [0.29, 0.717) is 11.3 Å². The summed E-state index contributed by atoms with van der Waals surface area (Å²) in [6.45, 7) is 3.82. The summed E-state index contributed by atoms with van der Waals surface area (Å²) in [5, 5.41) is 4.38. The van der Waals surface area contributed by atoms with Crippen LogP contribution in [0.25, 0.3) is 16.2 Å². The average Bonchev–Trinajstić information content (AvgIpc) is 3.16. The van der Waals surface area contributed by atoms with Gasteiger partial charge in [-0.15, -0.1) is 0 Å². The van der Waals surface area contributed by atoms with Crippen LogP contribution >= 0.6 is 11.3 Å². The number of rotatable bonds is 2. The average molecular weight is 402 g/mol. The molecule has 0 aliphatic carbocycles. The summed E-state index contributed by atoms with van der Waals surface area (Å²) >= 11 is 1.00. The zero-order valence-electron chi connectivity index (χ0n) is 15.5. The Bertz CT molecular complexity index is 1370. The molecule has 0 bridgehead atoms. The molecule has 4 aromatic rings. The predicted octanol–water partition coefficient (Wildman–Crippen LogP) is 3.24. The standard InChI is InChI=1S/C21H14N4O3S/c1-11-8-12(2)10-14(9-11)24-19(27)16-17(20(24)28)29-21-22-18(26)15(23-25(16)21)13-6-4-3-5-7-13/h3-10H,1-2H3. The number of hydrogen-bond donors (Lipinski definition) is 0. The first-order chi connectivity index (χ1) is 13.9. The molecule has 3 heterocycles. The quantitative estimate of drug-likeness (QED) is 0.481. The summed E-state index contributed by atoms with van der Waals surface area (Å²) in [7, 11) is 0. The van der Waals surface area contributed by atoms with Gasteiger partial charge in [0, 0.05) is 5.56 Å². The molecule has 2 aromatic heterocycles. The van der Waals surface area contributed by atoms with Crippen molar-refractivity contribution in [2.45, 2.75) is 13.8 Å². The second-order valence-electron chi connectivity index (χ2n) is 6.90. The first-order valence-electron chi connectivity index (χ1n) is 8.90. The van der Waals surface area contributed by atoms with Crippen LogP contribution in [0, 0.1) is 13.8 Å². The topological polar surface area (TPSA) is 84.6 Å². The lowest BCUT2D eigenvalue weighted by atomic mass is 10.1. The monoisotopic (exact) mass is 402 g/mol. The molecule has 2 aromatic carbocycles. The minimum absolute atomic E-state index is 0.133. The third kappa shape index (κ3) is 2.60. The van der Waals surface area contributed by atoms with E-state index in [2.05, 4.69) is 10.1 Å². The van der Waals surface area contributed by atoms with Crippen LogP contribution in [0.1, 0.15) is 31.3 Å². The van der Waals surface area contributed by atoms with Crippen LogP contribution in [0.4, 0.5) is 5.69 Å². The van der Waals surface area contributed by atoms with E-state index >= 15 is 0 Å². The highest BCUT2D eigenvalue weighted by Gasteiger charge is 2.42. The molecule has 0 saturated heterocycles. The van der Waals surface area contributed by atoms with Crippen LogP contribution < -0.4 is 10.5 Å². The molecule has 7 nitrogen and oxygen atoms in total. The summed E-state index contributed by atoms with van der Waals surface area (Å²) in [5.41, 5.74) is 2.80. The number of fused-ring (bicyclic) bond motifs is 3. The number of amides is 2. The van der Waals surface area contributed by atoms with Gasteiger partial charge in [-0.05, 0) is 37.1 Å². The molecule has 29 heavy (non-hydrogen) atoms. The number of imide groups is 1. The first kappa shape index (κ1) is 17.4. The van der Waals surface area contributed by atoms with Crippen LogP contribution in [0.15, 0.2) is 53.3 Å². The molecule has 0 radical (unpaired) electrons. The minimum atomic E-state index is -0.498. The molecule has 0 spiro atoms. The van der Waals surface area contributed by atoms with Crippen molar-refractivity contribution in [3.63, 3.8) is 0 Å². The largest absolute Gasteiger partial charge is 0.300 e. The van der Waals surface area contributed by atoms with Crippen LogP contribution in [0.3, 0.4) is 0 Å². The minimum Gasteiger partial charge on any atom is -0.267 e. The van der Waals surface area contributed by atoms with E-state index in [9.17, 15) is 14.4 Å². The molecular weight excluding hydrogens is 388 g/mol. The van der Waals surface area contributed by atoms with Crippen molar-refractivity contribution in [1.29, 1.82) is 0 Å². The van der Waals surface area contributed by atoms with Crippen molar-refractivity contribution in [2.75, 3.05) is 4.90 Å². The fourth-order valence-electron chi connectivity index (χ4n) is 3.54. The van der Waals surface area contributed by atoms with Crippen molar-refractivity contribution in [1.82, 2.24) is 14.6 Å². The number of carbonyl (C=O) groups excluding carboxylic acids is 2. The number of benzene rings is 2. The molecule has 0 saturated carbocycles. The zero-order chi connectivity index (χ0) is 20.3. The summed E-state index contributed by atoms with van der Waals surface area (Å²) in [4.78, 5) is 44.3. The van der Waals surface area contributed by atoms with E-state index < -0.39 is 17.4 Å². The molecule has 1 aliphatic heterocycles. The number of aromatic nitrogens is 3. The van der Waals surface area contributed by atoms with E-state index in [1.54, 1.807) is 36.4 Å². The Kier molecular flexibility index (Phi) is 3.72. The zero-order valence-corrected chi connectivity index (χ0v) is 16.4. The number of carbonyl (C=O) groups is 2. The van der Waals surface area contributed by atoms with Crippen molar-refractivity contribution in [3.8, 4) is 11.3 Å². The highest BCUT2D eigenvalue weighted by molar-refractivity contribution is 7.19. The molecule has 0 unspecified atom stereocenters. The van der Waals surface area contributed by atoms with Crippen molar-refractivity contribution < 1.29 is 9.59 Å². The lowest BCUT2D eigenvalue weighted by molar-refractivity contribution is 0.0924. The predicted molar refractivity (Wildman–Crippen MR) is 110 cm³/mol. The Morgan fingerprint density at radius 2 is 1.59 bits per heavy atom. The lowest BCUT2D eigenvalue weighted by Gasteiger charge is -2.15. The van der Waals surface area contributed by atoms with Gasteiger partial charge in [-0.25, -0.2) is 4.90 Å². The highest BCUT2D eigenvalue weighted by Crippen LogP contribution is 2.34. The maximum absolute atomic E-state index is 13.2. The van der Waals surface area contributed by atoms with Gasteiger partial charge >= 0.3 is 5.56 Å². The van der Waals surface area contributed by atoms with Gasteiger partial charge in [-0.1, -0.05) is 47.7 Å². The van der Waals surface area contributed by atoms with Crippen LogP contribution in [-0.4, -0.2) is 26.4 Å². The summed E-state index contributed by atoms with van der Waals surface area (Å²) in [5.74, 6) is -0.903. The highest BCUT2D eigenvalue weighted by atomic mass is 32.1. The first-order valence-corrected chi connectivity index (χ1v) is 9.72. The van der Waals surface area contributed by atoms with Crippen LogP contribution in [0.2, 0.25) is 0 Å². The fraction of sp³-hybridized carbons (Fsp3) is 0.0952. The van der Waals surface area contributed by atoms with Crippen LogP contribution in [0.5, 0.6) is 0 Å². The van der Waals surface area contributed by atoms with E-state index in [4.69, 9.17) is 0 Å². The fourth-order valence-corrected chi connectivity index (χ4v) is 4.52. The normalized spacial score (nSPS) is 13.4. The molecular formula is C21H14N4O3S. The summed E-state index contributed by atoms with van der Waals surface area (Å²) < 4.78 is 1.31. The number of anilines is 1. The number of hydrogen-bond acceptors (Lipinski definition) is 6. The smallest absolute Gasteiger partial charge is 0.267 e. The van der Waals surface area contributed by atoms with Crippen LogP contribution in [-0.2, 0) is 0 Å². The summed E-state index contributed by atoms with van der Waals surface area (Å²) in [6, 6.07) is 14.5. The number of nitrogens with zero attached hydrogens (tertiary/aromatic N) is 4. The Morgan fingerprint density at radius 1 is 0.897 bits per heavy atom. The number of aryl methyl sites for hydroxylation is 2. The van der Waals surface area contributed by atoms with Crippen molar-refractivity contribution in [2.24, 2.45) is 0 Å². The van der Waals surface area contributed by atoms with Gasteiger partial charge in [0.1, 0.15) is 4.88 Å². The van der Waals surface area contributed by atoms with Gasteiger partial charge < -0.3 is 0 Å². The Balaban J connectivity index is 1.70. The maximum atomic E-state index is 13.2. The van der Waals surface area contributed by atoms with Gasteiger partial charge in [0.15, 0.2) is 11.4 Å². The van der Waals surface area contributed by atoms with Gasteiger partial charge in [-0.3, -0.25) is 14.4 Å². The third-order valence-electron chi connectivity index (χ3n) is 4.72. The lowest BCUT2D eigenvalue weighted by Crippen LogP contribution is -2.30. The molecule has 2 amide bonds. The van der Waals surface area contributed by atoms with E-state index in [-0.39, 0.29) is 21.2 Å². The van der Waals surface area contributed by atoms with E-state index in [0.717, 1.165) is 27.4 Å². The van der Waals surface area contributed by atoms with E-state index in [1.807, 2.05) is 26.0 Å². The Morgan fingerprint density at radius 3 is 2.28 bits per heavy atom. The molecule has 1 aliphatic rings. The Labute approximate surface area is 168 Å². The van der Waals surface area contributed by atoms with Gasteiger partial charge in [0.2, 0.25) is 4.96 Å². The maximum Gasteiger partial charge on any atom is 0.300 e. The van der Waals surface area contributed by atoms with Crippen molar-refractivity contribution in [3.05, 3.63) is 80.6 Å². The SMILES string of the molecule is Cc1cc(C)cc(N2C(=O)c3sc4nc(=O)c(-c5ccccc5)nn4c3C2=O)c1. The molecule has 8 heteroatoms. The number of thiazole rings is 1. The van der Waals surface area contributed by atoms with E-state index in [1.165, 1.54) is 4.52 Å². The molecule has 0 fully saturated rings.